The lowest BCUT2D eigenvalue weighted by Gasteiger charge is -2.21. The van der Waals surface area contributed by atoms with Gasteiger partial charge in [-0.2, -0.15) is 4.91 Å². The van der Waals surface area contributed by atoms with E-state index < -0.39 is 0 Å². The second-order valence-corrected chi connectivity index (χ2v) is 3.06. The average molecular weight is 156 g/mol. The molecule has 0 radical (unpaired) electrons. The number of nitroso groups, excluding NO2 is 1. The molecule has 3 nitrogen and oxygen atoms in total. The number of nitrogens with zero attached hydrogens (tertiary/aromatic N) is 1. The number of rotatable bonds is 6. The monoisotopic (exact) mass is 156 g/mol. The summed E-state index contributed by atoms with van der Waals surface area (Å²) >= 11 is 0. The van der Waals surface area contributed by atoms with Crippen LogP contribution in [0.3, 0.4) is 0 Å². The van der Waals surface area contributed by atoms with Gasteiger partial charge in [0.1, 0.15) is 0 Å². The summed E-state index contributed by atoms with van der Waals surface area (Å²) in [5.41, 5.74) is -0.0388. The van der Waals surface area contributed by atoms with Crippen LogP contribution in [0.1, 0.15) is 20.3 Å². The summed E-state index contributed by atoms with van der Waals surface area (Å²) in [6, 6.07) is 0. The van der Waals surface area contributed by atoms with Gasteiger partial charge in [0.05, 0.1) is 6.54 Å². The molecule has 0 rings (SSSR count). The van der Waals surface area contributed by atoms with E-state index in [-0.39, 0.29) is 5.54 Å². The fourth-order valence-electron chi connectivity index (χ4n) is 0.626. The summed E-state index contributed by atoms with van der Waals surface area (Å²) in [5.74, 6) is 0. The van der Waals surface area contributed by atoms with Crippen LogP contribution >= 0.6 is 0 Å². The van der Waals surface area contributed by atoms with Crippen molar-refractivity contribution in [3.05, 3.63) is 17.6 Å². The molecule has 0 aromatic rings. The van der Waals surface area contributed by atoms with Gasteiger partial charge in [0.25, 0.3) is 0 Å². The van der Waals surface area contributed by atoms with Crippen molar-refractivity contribution in [2.75, 3.05) is 13.1 Å². The molecule has 1 N–H and O–H groups in total. The summed E-state index contributed by atoms with van der Waals surface area (Å²) in [7, 11) is 0. The van der Waals surface area contributed by atoms with Gasteiger partial charge in [0, 0.05) is 5.54 Å². The predicted octanol–water partition coefficient (Wildman–Crippen LogP) is 1.70. The number of nitrogens with one attached hydrogen (secondary N) is 1. The lowest BCUT2D eigenvalue weighted by molar-refractivity contribution is 0.471. The summed E-state index contributed by atoms with van der Waals surface area (Å²) in [6.07, 6.45) is 2.64. The molecule has 0 aliphatic heterocycles. The van der Waals surface area contributed by atoms with Crippen LogP contribution < -0.4 is 5.32 Å². The van der Waals surface area contributed by atoms with E-state index in [1.165, 1.54) is 0 Å². The zero-order valence-electron chi connectivity index (χ0n) is 7.26. The second-order valence-electron chi connectivity index (χ2n) is 3.06. The summed E-state index contributed by atoms with van der Waals surface area (Å²) in [4.78, 5) is 9.70. The summed E-state index contributed by atoms with van der Waals surface area (Å²) < 4.78 is 0. The maximum absolute atomic E-state index is 9.70. The molecule has 0 atom stereocenters. The van der Waals surface area contributed by atoms with Crippen LogP contribution in [0.5, 0.6) is 0 Å². The van der Waals surface area contributed by atoms with Crippen molar-refractivity contribution < 1.29 is 0 Å². The average Bonchev–Trinajstić information content (AvgIpc) is 1.99. The van der Waals surface area contributed by atoms with E-state index >= 15 is 0 Å². The molecule has 0 unspecified atom stereocenters. The summed E-state index contributed by atoms with van der Waals surface area (Å²) in [6.45, 7) is 8.96. The van der Waals surface area contributed by atoms with Crippen LogP contribution in [0.4, 0.5) is 0 Å². The molecule has 0 aliphatic carbocycles. The lowest BCUT2D eigenvalue weighted by Crippen LogP contribution is -2.37. The highest BCUT2D eigenvalue weighted by atomic mass is 16.3. The van der Waals surface area contributed by atoms with Gasteiger partial charge in [-0.25, -0.2) is 0 Å². The fourth-order valence-corrected chi connectivity index (χ4v) is 0.626. The van der Waals surface area contributed by atoms with Crippen molar-refractivity contribution in [1.29, 1.82) is 0 Å². The molecule has 11 heavy (non-hydrogen) atoms. The van der Waals surface area contributed by atoms with Gasteiger partial charge < -0.3 is 5.32 Å². The highest BCUT2D eigenvalue weighted by molar-refractivity contribution is 4.94. The lowest BCUT2D eigenvalue weighted by atomic mass is 10.1. The molecule has 3 heteroatoms. The van der Waals surface area contributed by atoms with Gasteiger partial charge >= 0.3 is 0 Å². The van der Waals surface area contributed by atoms with Gasteiger partial charge in [0.15, 0.2) is 0 Å². The minimum Gasteiger partial charge on any atom is -0.308 e. The molecule has 64 valence electrons. The first kappa shape index (κ1) is 10.3. The Labute approximate surface area is 67.8 Å². The Kier molecular flexibility index (Phi) is 4.70. The first-order valence-corrected chi connectivity index (χ1v) is 3.80. The van der Waals surface area contributed by atoms with Crippen molar-refractivity contribution in [2.45, 2.75) is 25.8 Å². The normalized spacial score (nSPS) is 11.1. The largest absolute Gasteiger partial charge is 0.308 e. The van der Waals surface area contributed by atoms with Crippen LogP contribution in [0.15, 0.2) is 17.8 Å². The van der Waals surface area contributed by atoms with Crippen molar-refractivity contribution in [2.24, 2.45) is 5.18 Å². The van der Waals surface area contributed by atoms with Gasteiger partial charge in [-0.1, -0.05) is 11.3 Å². The molecule has 0 saturated heterocycles. The van der Waals surface area contributed by atoms with Crippen molar-refractivity contribution in [3.63, 3.8) is 0 Å². The first-order chi connectivity index (χ1) is 5.12. The topological polar surface area (TPSA) is 41.5 Å². The Balaban J connectivity index is 3.37. The molecule has 0 aromatic heterocycles. The Hall–Kier alpha value is -0.700. The molecular weight excluding hydrogens is 140 g/mol. The van der Waals surface area contributed by atoms with Crippen LogP contribution in [0, 0.1) is 4.91 Å². The zero-order valence-corrected chi connectivity index (χ0v) is 7.26. The first-order valence-electron chi connectivity index (χ1n) is 3.80. The molecule has 0 aliphatic rings. The van der Waals surface area contributed by atoms with Gasteiger partial charge in [-0.15, -0.1) is 6.58 Å². The quantitative estimate of drug-likeness (QED) is 0.361. The third-order valence-electron chi connectivity index (χ3n) is 1.52. The molecule has 0 heterocycles. The molecule has 0 saturated carbocycles. The molecule has 0 bridgehead atoms. The third kappa shape index (κ3) is 5.73. The second kappa shape index (κ2) is 5.02. The van der Waals surface area contributed by atoms with Gasteiger partial charge in [-0.3, -0.25) is 0 Å². The molecule has 0 amide bonds. The Morgan fingerprint density at radius 1 is 1.64 bits per heavy atom. The van der Waals surface area contributed by atoms with E-state index in [1.807, 2.05) is 19.9 Å². The van der Waals surface area contributed by atoms with Crippen molar-refractivity contribution >= 4 is 0 Å². The van der Waals surface area contributed by atoms with Crippen LogP contribution in [-0.2, 0) is 0 Å². The van der Waals surface area contributed by atoms with Gasteiger partial charge in [-0.05, 0) is 26.8 Å². The third-order valence-corrected chi connectivity index (χ3v) is 1.52. The SMILES string of the molecule is C=CC(C)(C)NCCCN=O. The van der Waals surface area contributed by atoms with Crippen molar-refractivity contribution in [3.8, 4) is 0 Å². The predicted molar refractivity (Wildman–Crippen MR) is 47.6 cm³/mol. The van der Waals surface area contributed by atoms with E-state index in [9.17, 15) is 4.91 Å². The van der Waals surface area contributed by atoms with E-state index in [0.29, 0.717) is 6.54 Å². The standard InChI is InChI=1S/C8H16N2O/c1-4-8(2,3)9-6-5-7-10-11/h4,9H,1,5-7H2,2-3H3. The van der Waals surface area contributed by atoms with Crippen LogP contribution in [0.25, 0.3) is 0 Å². The van der Waals surface area contributed by atoms with E-state index in [2.05, 4.69) is 17.1 Å². The van der Waals surface area contributed by atoms with E-state index in [0.717, 1.165) is 13.0 Å². The van der Waals surface area contributed by atoms with E-state index in [1.54, 1.807) is 0 Å². The maximum Gasteiger partial charge on any atom is 0.0823 e. The van der Waals surface area contributed by atoms with Crippen LogP contribution in [0.2, 0.25) is 0 Å². The smallest absolute Gasteiger partial charge is 0.0823 e. The minimum absolute atomic E-state index is 0.0388. The highest BCUT2D eigenvalue weighted by Gasteiger charge is 2.09. The van der Waals surface area contributed by atoms with Gasteiger partial charge in [0.2, 0.25) is 0 Å². The van der Waals surface area contributed by atoms with E-state index in [4.69, 9.17) is 0 Å². The Morgan fingerprint density at radius 2 is 2.27 bits per heavy atom. The fraction of sp³-hybridized carbons (Fsp3) is 0.750. The zero-order chi connectivity index (χ0) is 8.74. The summed E-state index contributed by atoms with van der Waals surface area (Å²) in [5, 5.41) is 5.99. The van der Waals surface area contributed by atoms with Crippen molar-refractivity contribution in [1.82, 2.24) is 5.32 Å². The Morgan fingerprint density at radius 3 is 2.73 bits per heavy atom. The number of hydrogen-bond acceptors (Lipinski definition) is 3. The molecular formula is C8H16N2O. The Bertz CT molecular complexity index is 132. The van der Waals surface area contributed by atoms with Crippen LogP contribution in [-0.4, -0.2) is 18.6 Å². The maximum atomic E-state index is 9.70. The molecule has 0 fully saturated rings. The number of hydrogen-bond donors (Lipinski definition) is 1. The molecule has 0 spiro atoms. The highest BCUT2D eigenvalue weighted by Crippen LogP contribution is 2.01. The minimum atomic E-state index is -0.0388. The molecule has 0 aromatic carbocycles.